The molecule has 9 nitrogen and oxygen atoms in total. The van der Waals surface area contributed by atoms with Crippen molar-refractivity contribution < 1.29 is 33.3 Å². The van der Waals surface area contributed by atoms with Crippen molar-refractivity contribution in [1.82, 2.24) is 0 Å². The van der Waals surface area contributed by atoms with E-state index in [2.05, 4.69) is 4.74 Å². The van der Waals surface area contributed by atoms with E-state index in [1.807, 2.05) is 0 Å². The first-order valence-electron chi connectivity index (χ1n) is 8.13. The predicted octanol–water partition coefficient (Wildman–Crippen LogP) is 0.786. The Morgan fingerprint density at radius 1 is 1.14 bits per heavy atom. The number of benzene rings is 1. The lowest BCUT2D eigenvalue weighted by Crippen LogP contribution is -2.29. The maximum Gasteiger partial charge on any atom is 0.340 e. The minimum Gasteiger partial charge on any atom is -0.465 e. The van der Waals surface area contributed by atoms with E-state index in [0.29, 0.717) is 11.1 Å². The first-order chi connectivity index (χ1) is 13.4. The quantitative estimate of drug-likeness (QED) is 0.729. The van der Waals surface area contributed by atoms with Crippen LogP contribution in [0.1, 0.15) is 33.4 Å². The molecule has 3 N–H and O–H groups in total. The Hall–Kier alpha value is -3.59. The van der Waals surface area contributed by atoms with Crippen LogP contribution in [0.2, 0.25) is 0 Å². The fraction of sp³-hybridized carbons (Fsp3) is 0.211. The molecule has 1 aromatic carbocycles. The van der Waals surface area contributed by atoms with Crippen LogP contribution in [0.25, 0.3) is 0 Å². The highest BCUT2D eigenvalue weighted by Gasteiger charge is 2.39. The minimum absolute atomic E-state index is 0.00281. The standard InChI is InChI=1S/C19H17NO8/c1-25-18(23)10-5-3-9(4-6-10)13-14(19(24)26-2)17(20)28-15-12(22)7-11(8-21)27-16(13)15/h3-7,13,21H,8,20H2,1-2H3. The van der Waals surface area contributed by atoms with Crippen LogP contribution in [0.4, 0.5) is 0 Å². The number of rotatable bonds is 4. The van der Waals surface area contributed by atoms with Crippen molar-refractivity contribution in [2.45, 2.75) is 12.5 Å². The molecule has 0 saturated carbocycles. The van der Waals surface area contributed by atoms with Gasteiger partial charge in [0.25, 0.3) is 0 Å². The van der Waals surface area contributed by atoms with Crippen LogP contribution < -0.4 is 15.9 Å². The molecule has 1 aliphatic rings. The topological polar surface area (TPSA) is 138 Å². The van der Waals surface area contributed by atoms with Gasteiger partial charge in [-0.15, -0.1) is 0 Å². The molecule has 3 rings (SSSR count). The van der Waals surface area contributed by atoms with E-state index in [9.17, 15) is 19.5 Å². The van der Waals surface area contributed by atoms with Gasteiger partial charge in [0.2, 0.25) is 17.1 Å². The van der Waals surface area contributed by atoms with Gasteiger partial charge in [-0.2, -0.15) is 0 Å². The zero-order valence-electron chi connectivity index (χ0n) is 15.1. The second-order valence-corrected chi connectivity index (χ2v) is 5.85. The van der Waals surface area contributed by atoms with Gasteiger partial charge in [-0.1, -0.05) is 12.1 Å². The molecular weight excluding hydrogens is 370 g/mol. The minimum atomic E-state index is -0.943. The van der Waals surface area contributed by atoms with E-state index in [1.54, 1.807) is 12.1 Å². The largest absolute Gasteiger partial charge is 0.465 e. The number of methoxy groups -OCH3 is 2. The molecule has 0 saturated heterocycles. The summed E-state index contributed by atoms with van der Waals surface area (Å²) < 4.78 is 20.4. The molecule has 0 radical (unpaired) electrons. The lowest BCUT2D eigenvalue weighted by Gasteiger charge is -2.26. The number of fused-ring (bicyclic) bond motifs is 1. The van der Waals surface area contributed by atoms with Crippen LogP contribution in [0.15, 0.2) is 51.0 Å². The zero-order valence-corrected chi connectivity index (χ0v) is 15.1. The van der Waals surface area contributed by atoms with Gasteiger partial charge in [0.15, 0.2) is 5.76 Å². The first-order valence-corrected chi connectivity index (χ1v) is 8.13. The molecule has 1 unspecified atom stereocenters. The second kappa shape index (κ2) is 7.57. The number of hydrogen-bond donors (Lipinski definition) is 2. The second-order valence-electron chi connectivity index (χ2n) is 5.85. The SMILES string of the molecule is COC(=O)C1=C(N)Oc2c(oc(CO)cc2=O)C1c1ccc(C(=O)OC)cc1. The average Bonchev–Trinajstić information content (AvgIpc) is 2.72. The van der Waals surface area contributed by atoms with E-state index in [4.69, 9.17) is 19.6 Å². The van der Waals surface area contributed by atoms with Gasteiger partial charge < -0.3 is 29.5 Å². The molecule has 0 aliphatic carbocycles. The van der Waals surface area contributed by atoms with Gasteiger partial charge in [-0.3, -0.25) is 4.79 Å². The third kappa shape index (κ3) is 3.23. The van der Waals surface area contributed by atoms with Crippen molar-refractivity contribution in [3.8, 4) is 5.75 Å². The van der Waals surface area contributed by atoms with Crippen molar-refractivity contribution in [2.75, 3.05) is 14.2 Å². The van der Waals surface area contributed by atoms with Gasteiger partial charge in [0.05, 0.1) is 25.7 Å². The number of ether oxygens (including phenoxy) is 3. The summed E-state index contributed by atoms with van der Waals surface area (Å²) >= 11 is 0. The van der Waals surface area contributed by atoms with Crippen LogP contribution >= 0.6 is 0 Å². The van der Waals surface area contributed by atoms with Crippen molar-refractivity contribution >= 4 is 11.9 Å². The van der Waals surface area contributed by atoms with Gasteiger partial charge in [0.1, 0.15) is 17.9 Å². The van der Waals surface area contributed by atoms with E-state index >= 15 is 0 Å². The molecule has 2 heterocycles. The Balaban J connectivity index is 2.22. The highest BCUT2D eigenvalue weighted by molar-refractivity contribution is 5.92. The van der Waals surface area contributed by atoms with Crippen LogP contribution in [-0.2, 0) is 20.9 Å². The van der Waals surface area contributed by atoms with Crippen molar-refractivity contribution in [3.05, 3.63) is 74.7 Å². The lowest BCUT2D eigenvalue weighted by atomic mass is 9.86. The van der Waals surface area contributed by atoms with Crippen molar-refractivity contribution in [2.24, 2.45) is 5.73 Å². The Bertz CT molecular complexity index is 1020. The van der Waals surface area contributed by atoms with Gasteiger partial charge >= 0.3 is 11.9 Å². The molecule has 1 aliphatic heterocycles. The predicted molar refractivity (Wildman–Crippen MR) is 94.4 cm³/mol. The maximum atomic E-state index is 12.3. The number of carbonyl (C=O) groups excluding carboxylic acids is 2. The Labute approximate surface area is 158 Å². The monoisotopic (exact) mass is 387 g/mol. The lowest BCUT2D eigenvalue weighted by molar-refractivity contribution is -0.136. The molecule has 146 valence electrons. The molecule has 28 heavy (non-hydrogen) atoms. The summed E-state index contributed by atoms with van der Waals surface area (Å²) in [7, 11) is 2.44. The fourth-order valence-electron chi connectivity index (χ4n) is 2.93. The smallest absolute Gasteiger partial charge is 0.340 e. The van der Waals surface area contributed by atoms with Crippen LogP contribution in [-0.4, -0.2) is 31.3 Å². The Morgan fingerprint density at radius 2 is 1.79 bits per heavy atom. The summed E-state index contributed by atoms with van der Waals surface area (Å²) in [4.78, 5) is 36.4. The molecule has 1 aromatic heterocycles. The zero-order chi connectivity index (χ0) is 20.4. The molecule has 0 fully saturated rings. The third-order valence-corrected chi connectivity index (χ3v) is 4.24. The van der Waals surface area contributed by atoms with Crippen LogP contribution in [0.5, 0.6) is 5.75 Å². The molecule has 0 amide bonds. The summed E-state index contributed by atoms with van der Waals surface area (Å²) in [6.07, 6.45) is 0. The molecule has 2 aromatic rings. The number of esters is 2. The van der Waals surface area contributed by atoms with Gasteiger partial charge in [-0.05, 0) is 17.7 Å². The van der Waals surface area contributed by atoms with E-state index in [-0.39, 0.29) is 28.7 Å². The summed E-state index contributed by atoms with van der Waals surface area (Å²) in [5, 5.41) is 9.37. The molecule has 1 atom stereocenters. The number of hydrogen-bond acceptors (Lipinski definition) is 9. The molecule has 0 spiro atoms. The number of carbonyl (C=O) groups is 2. The molecule has 9 heteroatoms. The number of aliphatic hydroxyl groups is 1. The molecule has 0 bridgehead atoms. The van der Waals surface area contributed by atoms with Crippen molar-refractivity contribution in [1.29, 1.82) is 0 Å². The number of aliphatic hydroxyl groups excluding tert-OH is 1. The van der Waals surface area contributed by atoms with E-state index in [1.165, 1.54) is 26.4 Å². The fourth-order valence-corrected chi connectivity index (χ4v) is 2.93. The van der Waals surface area contributed by atoms with E-state index in [0.717, 1.165) is 6.07 Å². The maximum absolute atomic E-state index is 12.3. The van der Waals surface area contributed by atoms with Gasteiger partial charge in [-0.25, -0.2) is 9.59 Å². The number of nitrogens with two attached hydrogens (primary N) is 1. The van der Waals surface area contributed by atoms with Gasteiger partial charge in [0, 0.05) is 6.07 Å². The van der Waals surface area contributed by atoms with Crippen molar-refractivity contribution in [3.63, 3.8) is 0 Å². The highest BCUT2D eigenvalue weighted by atomic mass is 16.5. The highest BCUT2D eigenvalue weighted by Crippen LogP contribution is 2.41. The average molecular weight is 387 g/mol. The Morgan fingerprint density at radius 3 is 2.36 bits per heavy atom. The summed E-state index contributed by atoms with van der Waals surface area (Å²) in [5.74, 6) is -2.75. The van der Waals surface area contributed by atoms with Crippen LogP contribution in [0, 0.1) is 0 Å². The Kier molecular flexibility index (Phi) is 5.18. The third-order valence-electron chi connectivity index (χ3n) is 4.24. The first kappa shape index (κ1) is 19.2. The van der Waals surface area contributed by atoms with E-state index < -0.39 is 29.9 Å². The van der Waals surface area contributed by atoms with Crippen LogP contribution in [0.3, 0.4) is 0 Å². The summed E-state index contributed by atoms with van der Waals surface area (Å²) in [6, 6.07) is 7.19. The normalized spacial score (nSPS) is 15.5. The molecular formula is C19H17NO8. The summed E-state index contributed by atoms with van der Waals surface area (Å²) in [6.45, 7) is -0.525. The summed E-state index contributed by atoms with van der Waals surface area (Å²) in [5.41, 5.74) is 6.03.